The number of rotatable bonds is 4. The Morgan fingerprint density at radius 2 is 1.65 bits per heavy atom. The third-order valence-electron chi connectivity index (χ3n) is 4.55. The standard InChI is InChI=1S/C17H27BrN2/c1-13(19)17(14-9-11-15(18)12-10-14)20(2)16-7-5-3-4-6-8-16/h9-13,16-17H,3-8,19H2,1-2H3. The van der Waals surface area contributed by atoms with Gasteiger partial charge in [-0.2, -0.15) is 0 Å². The predicted molar refractivity (Wildman–Crippen MR) is 89.8 cm³/mol. The Bertz CT molecular complexity index is 394. The van der Waals surface area contributed by atoms with Gasteiger partial charge in [0.1, 0.15) is 0 Å². The van der Waals surface area contributed by atoms with Gasteiger partial charge in [-0.1, -0.05) is 53.7 Å². The number of benzene rings is 1. The second-order valence-electron chi connectivity index (χ2n) is 6.17. The van der Waals surface area contributed by atoms with Gasteiger partial charge in [0.2, 0.25) is 0 Å². The molecule has 0 bridgehead atoms. The van der Waals surface area contributed by atoms with Crippen molar-refractivity contribution in [3.05, 3.63) is 34.3 Å². The Morgan fingerprint density at radius 3 is 2.15 bits per heavy atom. The van der Waals surface area contributed by atoms with E-state index in [9.17, 15) is 0 Å². The maximum Gasteiger partial charge on any atom is 0.0496 e. The molecule has 2 rings (SSSR count). The van der Waals surface area contributed by atoms with Crippen molar-refractivity contribution in [3.8, 4) is 0 Å². The average Bonchev–Trinajstić information content (AvgIpc) is 2.69. The van der Waals surface area contributed by atoms with E-state index in [0.29, 0.717) is 12.1 Å². The summed E-state index contributed by atoms with van der Waals surface area (Å²) in [5, 5.41) is 0. The molecule has 1 aromatic carbocycles. The van der Waals surface area contributed by atoms with Gasteiger partial charge in [0.25, 0.3) is 0 Å². The fraction of sp³-hybridized carbons (Fsp3) is 0.647. The number of halogens is 1. The lowest BCUT2D eigenvalue weighted by atomic mass is 9.96. The minimum absolute atomic E-state index is 0.143. The quantitative estimate of drug-likeness (QED) is 0.819. The third-order valence-corrected chi connectivity index (χ3v) is 5.08. The molecule has 2 nitrogen and oxygen atoms in total. The monoisotopic (exact) mass is 338 g/mol. The van der Waals surface area contributed by atoms with Crippen LogP contribution in [0.1, 0.15) is 57.1 Å². The van der Waals surface area contributed by atoms with Crippen molar-refractivity contribution in [3.63, 3.8) is 0 Å². The SMILES string of the molecule is CC(N)C(c1ccc(Br)cc1)N(C)C1CCCCCC1. The Hall–Kier alpha value is -0.380. The van der Waals surface area contributed by atoms with Gasteiger partial charge in [-0.15, -0.1) is 0 Å². The topological polar surface area (TPSA) is 29.3 Å². The second kappa shape index (κ2) is 7.58. The van der Waals surface area contributed by atoms with Crippen LogP contribution in [0.25, 0.3) is 0 Å². The molecular weight excluding hydrogens is 312 g/mol. The lowest BCUT2D eigenvalue weighted by Crippen LogP contribution is -2.42. The highest BCUT2D eigenvalue weighted by Gasteiger charge is 2.27. The molecule has 1 saturated carbocycles. The molecule has 20 heavy (non-hydrogen) atoms. The molecule has 2 N–H and O–H groups in total. The number of hydrogen-bond donors (Lipinski definition) is 1. The van der Waals surface area contributed by atoms with Crippen LogP contribution in [0.5, 0.6) is 0 Å². The van der Waals surface area contributed by atoms with Gasteiger partial charge in [-0.3, -0.25) is 4.90 Å². The van der Waals surface area contributed by atoms with Crippen molar-refractivity contribution in [1.29, 1.82) is 0 Å². The van der Waals surface area contributed by atoms with Crippen LogP contribution >= 0.6 is 15.9 Å². The minimum Gasteiger partial charge on any atom is -0.326 e. The maximum atomic E-state index is 6.30. The van der Waals surface area contributed by atoms with E-state index >= 15 is 0 Å². The molecule has 0 heterocycles. The molecule has 0 saturated heterocycles. The Labute approximate surface area is 131 Å². The van der Waals surface area contributed by atoms with E-state index in [0.717, 1.165) is 4.47 Å². The van der Waals surface area contributed by atoms with Crippen molar-refractivity contribution in [1.82, 2.24) is 4.90 Å². The molecule has 2 unspecified atom stereocenters. The van der Waals surface area contributed by atoms with Crippen molar-refractivity contribution in [2.24, 2.45) is 5.73 Å². The van der Waals surface area contributed by atoms with Gasteiger partial charge in [0.15, 0.2) is 0 Å². The first-order valence-corrected chi connectivity index (χ1v) is 8.62. The zero-order valence-electron chi connectivity index (χ0n) is 12.7. The molecule has 1 aliphatic carbocycles. The second-order valence-corrected chi connectivity index (χ2v) is 7.08. The van der Waals surface area contributed by atoms with Crippen LogP contribution in [0.3, 0.4) is 0 Å². The van der Waals surface area contributed by atoms with E-state index in [-0.39, 0.29) is 6.04 Å². The van der Waals surface area contributed by atoms with Crippen LogP contribution in [-0.2, 0) is 0 Å². The molecule has 0 radical (unpaired) electrons. The summed E-state index contributed by atoms with van der Waals surface area (Å²) in [4.78, 5) is 2.53. The van der Waals surface area contributed by atoms with Crippen molar-refractivity contribution < 1.29 is 0 Å². The van der Waals surface area contributed by atoms with E-state index in [2.05, 4.69) is 59.1 Å². The van der Waals surface area contributed by atoms with E-state index < -0.39 is 0 Å². The molecular formula is C17H27BrN2. The van der Waals surface area contributed by atoms with Crippen LogP contribution in [-0.4, -0.2) is 24.0 Å². The molecule has 3 heteroatoms. The highest BCUT2D eigenvalue weighted by atomic mass is 79.9. The molecule has 1 fully saturated rings. The van der Waals surface area contributed by atoms with Crippen molar-refractivity contribution in [2.75, 3.05) is 7.05 Å². The number of nitrogens with zero attached hydrogens (tertiary/aromatic N) is 1. The fourth-order valence-electron chi connectivity index (χ4n) is 3.46. The summed E-state index contributed by atoms with van der Waals surface area (Å²) in [7, 11) is 2.26. The van der Waals surface area contributed by atoms with E-state index in [1.165, 1.54) is 44.1 Å². The first-order chi connectivity index (χ1) is 9.59. The van der Waals surface area contributed by atoms with Crippen LogP contribution < -0.4 is 5.73 Å². The van der Waals surface area contributed by atoms with E-state index in [1.54, 1.807) is 0 Å². The minimum atomic E-state index is 0.143. The van der Waals surface area contributed by atoms with Crippen LogP contribution in [0.4, 0.5) is 0 Å². The zero-order chi connectivity index (χ0) is 14.5. The highest BCUT2D eigenvalue weighted by molar-refractivity contribution is 9.10. The highest BCUT2D eigenvalue weighted by Crippen LogP contribution is 2.30. The largest absolute Gasteiger partial charge is 0.326 e. The smallest absolute Gasteiger partial charge is 0.0496 e. The van der Waals surface area contributed by atoms with E-state index in [1.807, 2.05) is 0 Å². The predicted octanol–water partition coefficient (Wildman–Crippen LogP) is 4.49. The maximum absolute atomic E-state index is 6.30. The van der Waals surface area contributed by atoms with Crippen molar-refractivity contribution in [2.45, 2.75) is 63.6 Å². The molecule has 0 aliphatic heterocycles. The van der Waals surface area contributed by atoms with Gasteiger partial charge in [0.05, 0.1) is 0 Å². The summed E-state index contributed by atoms with van der Waals surface area (Å²) in [6.45, 7) is 2.12. The van der Waals surface area contributed by atoms with Crippen LogP contribution in [0, 0.1) is 0 Å². The Balaban J connectivity index is 2.16. The number of hydrogen-bond acceptors (Lipinski definition) is 2. The Morgan fingerprint density at radius 1 is 1.10 bits per heavy atom. The normalized spacial score (nSPS) is 20.6. The molecule has 2 atom stereocenters. The first kappa shape index (κ1) is 16.0. The summed E-state index contributed by atoms with van der Waals surface area (Å²) < 4.78 is 1.13. The molecule has 0 aromatic heterocycles. The van der Waals surface area contributed by atoms with Gasteiger partial charge in [-0.25, -0.2) is 0 Å². The molecule has 112 valence electrons. The van der Waals surface area contributed by atoms with Crippen molar-refractivity contribution >= 4 is 15.9 Å². The van der Waals surface area contributed by atoms with Crippen LogP contribution in [0.2, 0.25) is 0 Å². The first-order valence-electron chi connectivity index (χ1n) is 7.82. The summed E-state index contributed by atoms with van der Waals surface area (Å²) in [6.07, 6.45) is 8.14. The molecule has 0 spiro atoms. The lowest BCUT2D eigenvalue weighted by Gasteiger charge is -2.37. The third kappa shape index (κ3) is 4.06. The fourth-order valence-corrected chi connectivity index (χ4v) is 3.73. The summed E-state index contributed by atoms with van der Waals surface area (Å²) >= 11 is 3.51. The summed E-state index contributed by atoms with van der Waals surface area (Å²) in [5.41, 5.74) is 7.63. The summed E-state index contributed by atoms with van der Waals surface area (Å²) in [6, 6.07) is 9.77. The van der Waals surface area contributed by atoms with E-state index in [4.69, 9.17) is 5.73 Å². The van der Waals surface area contributed by atoms with Gasteiger partial charge < -0.3 is 5.73 Å². The van der Waals surface area contributed by atoms with Gasteiger partial charge >= 0.3 is 0 Å². The molecule has 1 aliphatic rings. The number of nitrogens with two attached hydrogens (primary N) is 1. The zero-order valence-corrected chi connectivity index (χ0v) is 14.3. The average molecular weight is 339 g/mol. The summed E-state index contributed by atoms with van der Waals surface area (Å²) in [5.74, 6) is 0. The Kier molecular flexibility index (Phi) is 6.06. The molecule has 1 aromatic rings. The number of likely N-dealkylation sites (N-methyl/N-ethyl adjacent to an activating group) is 1. The lowest BCUT2D eigenvalue weighted by molar-refractivity contribution is 0.141. The molecule has 0 amide bonds. The van der Waals surface area contributed by atoms with Gasteiger partial charge in [-0.05, 0) is 44.5 Å². The van der Waals surface area contributed by atoms with Crippen LogP contribution in [0.15, 0.2) is 28.7 Å². The van der Waals surface area contributed by atoms with Gasteiger partial charge in [0, 0.05) is 22.6 Å².